The molecule has 1 saturated heterocycles. The number of nitrogens with two attached hydrogens (primary N) is 1. The summed E-state index contributed by atoms with van der Waals surface area (Å²) in [6.45, 7) is 3.98. The maximum atomic E-state index is 13.1. The quantitative estimate of drug-likeness (QED) is 0.822. The molecule has 1 unspecified atom stereocenters. The zero-order valence-electron chi connectivity index (χ0n) is 8.99. The van der Waals surface area contributed by atoms with Gasteiger partial charge in [0.25, 0.3) is 0 Å². The SMILES string of the molecule is CCC(c1cccc(F)c1)N1CC(N)C1. The minimum absolute atomic E-state index is 0.157. The monoisotopic (exact) mass is 208 g/mol. The summed E-state index contributed by atoms with van der Waals surface area (Å²) in [6, 6.07) is 7.48. The van der Waals surface area contributed by atoms with E-state index in [0.29, 0.717) is 12.1 Å². The minimum Gasteiger partial charge on any atom is -0.325 e. The van der Waals surface area contributed by atoms with Crippen LogP contribution in [0, 0.1) is 5.82 Å². The van der Waals surface area contributed by atoms with Crippen LogP contribution < -0.4 is 5.73 Å². The van der Waals surface area contributed by atoms with E-state index in [4.69, 9.17) is 5.73 Å². The van der Waals surface area contributed by atoms with Gasteiger partial charge in [0.05, 0.1) is 0 Å². The third kappa shape index (κ3) is 2.19. The number of rotatable bonds is 3. The van der Waals surface area contributed by atoms with E-state index < -0.39 is 0 Å². The molecule has 1 fully saturated rings. The second-order valence-electron chi connectivity index (χ2n) is 4.19. The minimum atomic E-state index is -0.157. The van der Waals surface area contributed by atoms with Crippen LogP contribution in [0.3, 0.4) is 0 Å². The summed E-state index contributed by atoms with van der Waals surface area (Å²) < 4.78 is 13.1. The van der Waals surface area contributed by atoms with Crippen LogP contribution in [0.4, 0.5) is 4.39 Å². The molecule has 0 radical (unpaired) electrons. The first-order valence-electron chi connectivity index (χ1n) is 5.45. The molecule has 2 nitrogen and oxygen atoms in total. The lowest BCUT2D eigenvalue weighted by molar-refractivity contribution is 0.0909. The van der Waals surface area contributed by atoms with Crippen molar-refractivity contribution in [1.82, 2.24) is 4.90 Å². The van der Waals surface area contributed by atoms with Gasteiger partial charge in [-0.1, -0.05) is 19.1 Å². The van der Waals surface area contributed by atoms with Gasteiger partial charge in [0.1, 0.15) is 5.82 Å². The molecule has 1 aromatic carbocycles. The van der Waals surface area contributed by atoms with Crippen molar-refractivity contribution in [2.45, 2.75) is 25.4 Å². The number of hydrogen-bond donors (Lipinski definition) is 1. The molecular formula is C12H17FN2. The van der Waals surface area contributed by atoms with Crippen molar-refractivity contribution in [3.05, 3.63) is 35.6 Å². The lowest BCUT2D eigenvalue weighted by atomic mass is 9.97. The van der Waals surface area contributed by atoms with E-state index in [2.05, 4.69) is 11.8 Å². The van der Waals surface area contributed by atoms with Gasteiger partial charge in [-0.25, -0.2) is 4.39 Å². The summed E-state index contributed by atoms with van der Waals surface area (Å²) in [5.74, 6) is -0.157. The molecule has 15 heavy (non-hydrogen) atoms. The van der Waals surface area contributed by atoms with Crippen molar-refractivity contribution in [1.29, 1.82) is 0 Å². The molecular weight excluding hydrogens is 191 g/mol. The Bertz CT molecular complexity index is 334. The average Bonchev–Trinajstić information content (AvgIpc) is 2.16. The molecule has 0 aromatic heterocycles. The second-order valence-corrected chi connectivity index (χ2v) is 4.19. The summed E-state index contributed by atoms with van der Waals surface area (Å²) >= 11 is 0. The molecule has 1 aliphatic rings. The highest BCUT2D eigenvalue weighted by atomic mass is 19.1. The highest BCUT2D eigenvalue weighted by Gasteiger charge is 2.29. The van der Waals surface area contributed by atoms with E-state index >= 15 is 0 Å². The normalized spacial score (nSPS) is 19.9. The van der Waals surface area contributed by atoms with E-state index in [1.807, 2.05) is 6.07 Å². The Balaban J connectivity index is 2.12. The van der Waals surface area contributed by atoms with Crippen LogP contribution in [0.2, 0.25) is 0 Å². The predicted octanol–water partition coefficient (Wildman–Crippen LogP) is 1.92. The van der Waals surface area contributed by atoms with Crippen molar-refractivity contribution in [3.8, 4) is 0 Å². The van der Waals surface area contributed by atoms with Gasteiger partial charge in [-0.3, -0.25) is 4.90 Å². The summed E-state index contributed by atoms with van der Waals surface area (Å²) in [5, 5.41) is 0. The van der Waals surface area contributed by atoms with Crippen LogP contribution in [0.25, 0.3) is 0 Å². The molecule has 82 valence electrons. The summed E-state index contributed by atoms with van der Waals surface area (Å²) in [7, 11) is 0. The van der Waals surface area contributed by atoms with Crippen LogP contribution in [0.5, 0.6) is 0 Å². The summed E-state index contributed by atoms with van der Waals surface area (Å²) in [4.78, 5) is 2.31. The van der Waals surface area contributed by atoms with E-state index in [1.165, 1.54) is 6.07 Å². The van der Waals surface area contributed by atoms with Gasteiger partial charge >= 0.3 is 0 Å². The highest BCUT2D eigenvalue weighted by Crippen LogP contribution is 2.28. The van der Waals surface area contributed by atoms with Gasteiger partial charge in [-0.2, -0.15) is 0 Å². The fourth-order valence-corrected chi connectivity index (χ4v) is 2.22. The second kappa shape index (κ2) is 4.29. The lowest BCUT2D eigenvalue weighted by Crippen LogP contribution is -2.56. The third-order valence-electron chi connectivity index (χ3n) is 3.00. The lowest BCUT2D eigenvalue weighted by Gasteiger charge is -2.42. The maximum Gasteiger partial charge on any atom is 0.123 e. The van der Waals surface area contributed by atoms with E-state index in [9.17, 15) is 4.39 Å². The number of benzene rings is 1. The fraction of sp³-hybridized carbons (Fsp3) is 0.500. The van der Waals surface area contributed by atoms with Crippen molar-refractivity contribution in [2.24, 2.45) is 5.73 Å². The van der Waals surface area contributed by atoms with Crippen molar-refractivity contribution in [2.75, 3.05) is 13.1 Å². The van der Waals surface area contributed by atoms with Crippen LogP contribution in [-0.4, -0.2) is 24.0 Å². The maximum absolute atomic E-state index is 13.1. The first-order chi connectivity index (χ1) is 7.20. The third-order valence-corrected chi connectivity index (χ3v) is 3.00. The predicted molar refractivity (Wildman–Crippen MR) is 59.0 cm³/mol. The van der Waals surface area contributed by atoms with Crippen LogP contribution in [0.1, 0.15) is 24.9 Å². The smallest absolute Gasteiger partial charge is 0.123 e. The van der Waals surface area contributed by atoms with E-state index in [0.717, 1.165) is 25.1 Å². The zero-order valence-corrected chi connectivity index (χ0v) is 8.99. The summed E-state index contributed by atoms with van der Waals surface area (Å²) in [5.41, 5.74) is 6.81. The van der Waals surface area contributed by atoms with E-state index in [-0.39, 0.29) is 5.82 Å². The highest BCUT2D eigenvalue weighted by molar-refractivity contribution is 5.21. The first kappa shape index (κ1) is 10.6. The zero-order chi connectivity index (χ0) is 10.8. The largest absolute Gasteiger partial charge is 0.325 e. The van der Waals surface area contributed by atoms with Gasteiger partial charge in [-0.15, -0.1) is 0 Å². The van der Waals surface area contributed by atoms with Crippen molar-refractivity contribution in [3.63, 3.8) is 0 Å². The van der Waals surface area contributed by atoms with Gasteiger partial charge in [0.2, 0.25) is 0 Å². The molecule has 1 atom stereocenters. The van der Waals surface area contributed by atoms with Crippen LogP contribution >= 0.6 is 0 Å². The molecule has 2 rings (SSSR count). The Labute approximate surface area is 89.9 Å². The number of nitrogens with zero attached hydrogens (tertiary/aromatic N) is 1. The molecule has 1 aromatic rings. The standard InChI is InChI=1S/C12H17FN2/c1-2-12(15-7-11(14)8-15)9-4-3-5-10(13)6-9/h3-6,11-12H,2,7-8,14H2,1H3. The molecule has 0 aliphatic carbocycles. The van der Waals surface area contributed by atoms with Gasteiger partial charge in [0, 0.05) is 25.2 Å². The topological polar surface area (TPSA) is 29.3 Å². The van der Waals surface area contributed by atoms with E-state index in [1.54, 1.807) is 12.1 Å². The Hall–Kier alpha value is -0.930. The Kier molecular flexibility index (Phi) is 3.03. The first-order valence-corrected chi connectivity index (χ1v) is 5.45. The Morgan fingerprint density at radius 1 is 1.53 bits per heavy atom. The molecule has 0 spiro atoms. The fourth-order valence-electron chi connectivity index (χ4n) is 2.22. The molecule has 1 heterocycles. The molecule has 0 bridgehead atoms. The van der Waals surface area contributed by atoms with Gasteiger partial charge in [0.15, 0.2) is 0 Å². The molecule has 3 heteroatoms. The van der Waals surface area contributed by atoms with Crippen molar-refractivity contribution < 1.29 is 4.39 Å². The number of likely N-dealkylation sites (tertiary alicyclic amines) is 1. The van der Waals surface area contributed by atoms with Gasteiger partial charge in [-0.05, 0) is 24.1 Å². The van der Waals surface area contributed by atoms with Crippen LogP contribution in [0.15, 0.2) is 24.3 Å². The Morgan fingerprint density at radius 2 is 2.27 bits per heavy atom. The molecule has 0 saturated carbocycles. The number of halogens is 1. The van der Waals surface area contributed by atoms with Crippen LogP contribution in [-0.2, 0) is 0 Å². The molecule has 2 N–H and O–H groups in total. The molecule has 1 aliphatic heterocycles. The van der Waals surface area contributed by atoms with Crippen molar-refractivity contribution >= 4 is 0 Å². The summed E-state index contributed by atoms with van der Waals surface area (Å²) in [6.07, 6.45) is 0.996. The Morgan fingerprint density at radius 3 is 2.80 bits per heavy atom. The molecule has 0 amide bonds. The average molecular weight is 208 g/mol. The number of hydrogen-bond acceptors (Lipinski definition) is 2. The van der Waals surface area contributed by atoms with Gasteiger partial charge < -0.3 is 5.73 Å².